The van der Waals surface area contributed by atoms with Crippen LogP contribution in [-0.2, 0) is 6.54 Å². The van der Waals surface area contributed by atoms with Gasteiger partial charge in [0, 0.05) is 18.1 Å². The zero-order chi connectivity index (χ0) is 13.8. The van der Waals surface area contributed by atoms with Gasteiger partial charge in [-0.05, 0) is 11.6 Å². The van der Waals surface area contributed by atoms with Crippen molar-refractivity contribution in [1.82, 2.24) is 9.97 Å². The summed E-state index contributed by atoms with van der Waals surface area (Å²) in [4.78, 5) is 10.1. The van der Waals surface area contributed by atoms with Crippen LogP contribution < -0.4 is 16.2 Å². The molecule has 100 valence electrons. The average molecular weight is 343 g/mol. The molecule has 0 aliphatic heterocycles. The molecule has 0 fully saturated rings. The molecule has 1 heterocycles. The Balaban J connectivity index is 2.25. The summed E-state index contributed by atoms with van der Waals surface area (Å²) in [7, 11) is 1.91. The lowest BCUT2D eigenvalue weighted by Crippen LogP contribution is -2.20. The molecule has 0 saturated carbocycles. The number of nitrogens with zero attached hydrogens (tertiary/aromatic N) is 3. The number of nitrogens with two attached hydrogens (primary N) is 1. The van der Waals surface area contributed by atoms with Gasteiger partial charge in [-0.15, -0.1) is 0 Å². The van der Waals surface area contributed by atoms with Crippen LogP contribution in [0.5, 0.6) is 0 Å². The number of nitrogen functional groups attached to an aromatic ring is 1. The van der Waals surface area contributed by atoms with Crippen LogP contribution in [0.15, 0.2) is 34.9 Å². The van der Waals surface area contributed by atoms with Gasteiger partial charge in [0.2, 0.25) is 5.95 Å². The molecule has 0 aliphatic carbocycles. The quantitative estimate of drug-likeness (QED) is 0.660. The Labute approximate surface area is 124 Å². The van der Waals surface area contributed by atoms with E-state index in [1.54, 1.807) is 0 Å². The van der Waals surface area contributed by atoms with E-state index in [4.69, 9.17) is 17.4 Å². The lowest BCUT2D eigenvalue weighted by Gasteiger charge is -2.20. The summed E-state index contributed by atoms with van der Waals surface area (Å²) in [5.41, 5.74) is 3.55. The highest BCUT2D eigenvalue weighted by molar-refractivity contribution is 9.10. The predicted molar refractivity (Wildman–Crippen MR) is 81.1 cm³/mol. The highest BCUT2D eigenvalue weighted by Gasteiger charge is 2.11. The first-order chi connectivity index (χ1) is 9.11. The first-order valence-corrected chi connectivity index (χ1v) is 6.72. The monoisotopic (exact) mass is 341 g/mol. The van der Waals surface area contributed by atoms with Gasteiger partial charge < -0.3 is 4.90 Å². The molecule has 0 radical (unpaired) electrons. The van der Waals surface area contributed by atoms with Crippen molar-refractivity contribution in [3.8, 4) is 0 Å². The van der Waals surface area contributed by atoms with Crippen molar-refractivity contribution in [3.05, 3.63) is 45.5 Å². The minimum absolute atomic E-state index is 0.332. The summed E-state index contributed by atoms with van der Waals surface area (Å²) in [6.07, 6.45) is 1.52. The Morgan fingerprint density at radius 2 is 2.16 bits per heavy atom. The number of hydrazine groups is 1. The Bertz CT molecular complexity index is 578. The van der Waals surface area contributed by atoms with Gasteiger partial charge in [0.05, 0.1) is 6.20 Å². The van der Waals surface area contributed by atoms with E-state index in [-0.39, 0.29) is 0 Å². The highest BCUT2D eigenvalue weighted by atomic mass is 79.9. The lowest BCUT2D eigenvalue weighted by molar-refractivity contribution is 0.887. The van der Waals surface area contributed by atoms with E-state index in [9.17, 15) is 0 Å². The third kappa shape index (κ3) is 3.34. The normalized spacial score (nSPS) is 10.3. The lowest BCUT2D eigenvalue weighted by atomic mass is 10.2. The van der Waals surface area contributed by atoms with Gasteiger partial charge in [0.1, 0.15) is 5.02 Å². The number of anilines is 2. The minimum Gasteiger partial charge on any atom is -0.354 e. The average Bonchev–Trinajstić information content (AvgIpc) is 2.42. The van der Waals surface area contributed by atoms with Crippen LogP contribution in [-0.4, -0.2) is 17.0 Å². The van der Waals surface area contributed by atoms with Gasteiger partial charge >= 0.3 is 0 Å². The molecule has 1 aromatic carbocycles. The predicted octanol–water partition coefficient (Wildman–Crippen LogP) is 2.81. The van der Waals surface area contributed by atoms with Gasteiger partial charge in [-0.25, -0.2) is 10.8 Å². The Kier molecular flexibility index (Phi) is 4.57. The molecule has 3 N–H and O–H groups in total. The summed E-state index contributed by atoms with van der Waals surface area (Å²) in [6, 6.07) is 8.00. The molecule has 19 heavy (non-hydrogen) atoms. The first-order valence-electron chi connectivity index (χ1n) is 5.55. The van der Waals surface area contributed by atoms with E-state index in [2.05, 4.69) is 31.3 Å². The van der Waals surface area contributed by atoms with E-state index >= 15 is 0 Å². The number of rotatable bonds is 4. The topological polar surface area (TPSA) is 67.1 Å². The van der Waals surface area contributed by atoms with Crippen LogP contribution >= 0.6 is 27.5 Å². The molecule has 0 bridgehead atoms. The Morgan fingerprint density at radius 1 is 1.42 bits per heavy atom. The van der Waals surface area contributed by atoms with Crippen LogP contribution in [0.4, 0.5) is 11.8 Å². The standard InChI is InChI=1S/C12H13BrClN5/c1-19(7-8-4-2-3-5-9(8)13)11-10(14)6-16-12(17-11)18-15/h2-6H,7,15H2,1H3,(H,16,17,18). The van der Waals surface area contributed by atoms with Crippen molar-refractivity contribution in [1.29, 1.82) is 0 Å². The van der Waals surface area contributed by atoms with Crippen LogP contribution in [0.2, 0.25) is 5.02 Å². The molecule has 0 aliphatic rings. The first kappa shape index (κ1) is 14.0. The number of halogens is 2. The van der Waals surface area contributed by atoms with Gasteiger partial charge in [0.15, 0.2) is 5.82 Å². The van der Waals surface area contributed by atoms with Crippen LogP contribution in [0.3, 0.4) is 0 Å². The summed E-state index contributed by atoms with van der Waals surface area (Å²) < 4.78 is 1.05. The molecule has 0 amide bonds. The molecule has 0 spiro atoms. The van der Waals surface area contributed by atoms with Crippen molar-refractivity contribution in [2.24, 2.45) is 5.84 Å². The SMILES string of the molecule is CN(Cc1ccccc1Br)c1nc(NN)ncc1Cl. The highest BCUT2D eigenvalue weighted by Crippen LogP contribution is 2.25. The summed E-state index contributed by atoms with van der Waals surface area (Å²) >= 11 is 9.63. The number of nitrogens with one attached hydrogen (secondary N) is 1. The third-order valence-electron chi connectivity index (χ3n) is 2.58. The van der Waals surface area contributed by atoms with Crippen molar-refractivity contribution in [2.75, 3.05) is 17.4 Å². The van der Waals surface area contributed by atoms with Gasteiger partial charge in [-0.3, -0.25) is 5.43 Å². The smallest absolute Gasteiger partial charge is 0.239 e. The second-order valence-electron chi connectivity index (χ2n) is 3.96. The molecular formula is C12H13BrClN5. The van der Waals surface area contributed by atoms with Gasteiger partial charge in [0.25, 0.3) is 0 Å². The van der Waals surface area contributed by atoms with Crippen molar-refractivity contribution >= 4 is 39.3 Å². The van der Waals surface area contributed by atoms with E-state index in [1.807, 2.05) is 36.2 Å². The second kappa shape index (κ2) is 6.18. The maximum atomic E-state index is 6.11. The van der Waals surface area contributed by atoms with Crippen molar-refractivity contribution < 1.29 is 0 Å². The summed E-state index contributed by atoms with van der Waals surface area (Å²) in [5, 5.41) is 0.480. The summed E-state index contributed by atoms with van der Waals surface area (Å²) in [6.45, 7) is 0.669. The maximum Gasteiger partial charge on any atom is 0.239 e. The van der Waals surface area contributed by atoms with Crippen molar-refractivity contribution in [3.63, 3.8) is 0 Å². The van der Waals surface area contributed by atoms with E-state index < -0.39 is 0 Å². The van der Waals surface area contributed by atoms with E-state index in [0.717, 1.165) is 10.0 Å². The van der Waals surface area contributed by atoms with Gasteiger partial charge in [-0.1, -0.05) is 45.7 Å². The molecule has 2 rings (SSSR count). The minimum atomic E-state index is 0.332. The van der Waals surface area contributed by atoms with Crippen molar-refractivity contribution in [2.45, 2.75) is 6.54 Å². The maximum absolute atomic E-state index is 6.11. The molecular weight excluding hydrogens is 330 g/mol. The molecule has 1 aromatic heterocycles. The van der Waals surface area contributed by atoms with E-state index in [0.29, 0.717) is 23.3 Å². The molecule has 0 saturated heterocycles. The van der Waals surface area contributed by atoms with Crippen LogP contribution in [0.25, 0.3) is 0 Å². The fraction of sp³-hybridized carbons (Fsp3) is 0.167. The summed E-state index contributed by atoms with van der Waals surface area (Å²) in [5.74, 6) is 6.26. The fourth-order valence-corrected chi connectivity index (χ4v) is 2.30. The molecule has 0 atom stereocenters. The van der Waals surface area contributed by atoms with Gasteiger partial charge in [-0.2, -0.15) is 4.98 Å². The Hall–Kier alpha value is -1.37. The zero-order valence-electron chi connectivity index (χ0n) is 10.3. The number of benzene rings is 1. The number of hydrogen-bond acceptors (Lipinski definition) is 5. The molecule has 0 unspecified atom stereocenters. The largest absolute Gasteiger partial charge is 0.354 e. The molecule has 7 heteroatoms. The molecule has 5 nitrogen and oxygen atoms in total. The second-order valence-corrected chi connectivity index (χ2v) is 5.22. The fourth-order valence-electron chi connectivity index (χ4n) is 1.65. The third-order valence-corrected chi connectivity index (χ3v) is 3.62. The zero-order valence-corrected chi connectivity index (χ0v) is 12.6. The van der Waals surface area contributed by atoms with E-state index in [1.165, 1.54) is 6.20 Å². The van der Waals surface area contributed by atoms with Crippen LogP contribution in [0.1, 0.15) is 5.56 Å². The van der Waals surface area contributed by atoms with Crippen LogP contribution in [0, 0.1) is 0 Å². The molecule has 2 aromatic rings. The number of aromatic nitrogens is 2. The Morgan fingerprint density at radius 3 is 2.84 bits per heavy atom. The number of hydrogen-bond donors (Lipinski definition) is 2.